The van der Waals surface area contributed by atoms with E-state index >= 15 is 0 Å². The summed E-state index contributed by atoms with van der Waals surface area (Å²) in [5, 5.41) is 2.97. The molecule has 0 saturated carbocycles. The molecular weight excluding hydrogens is 291 g/mol. The molecule has 2 aromatic rings. The standard InChI is InChI=1S/C19H21FN2O/c20-18-9-5-4-8-17(18)19(23)21-16-10-12-22(13-11-16)14-15-6-2-1-3-7-15/h1-9,16H,10-14H2,(H,21,23)/p+1. The lowest BCUT2D eigenvalue weighted by molar-refractivity contribution is -0.918. The number of likely N-dealkylation sites (tertiary alicyclic amines) is 1. The number of hydrogen-bond acceptors (Lipinski definition) is 1. The lowest BCUT2D eigenvalue weighted by Gasteiger charge is -2.29. The third kappa shape index (κ3) is 4.17. The Bertz CT molecular complexity index is 651. The number of hydrogen-bond donors (Lipinski definition) is 2. The Balaban J connectivity index is 1.49. The molecule has 3 rings (SSSR count). The number of amides is 1. The van der Waals surface area contributed by atoms with E-state index in [4.69, 9.17) is 0 Å². The minimum absolute atomic E-state index is 0.131. The van der Waals surface area contributed by atoms with Crippen molar-refractivity contribution < 1.29 is 14.1 Å². The monoisotopic (exact) mass is 313 g/mol. The van der Waals surface area contributed by atoms with Gasteiger partial charge in [-0.25, -0.2) is 4.39 Å². The third-order valence-corrected chi connectivity index (χ3v) is 4.44. The van der Waals surface area contributed by atoms with Crippen molar-refractivity contribution in [3.05, 3.63) is 71.5 Å². The van der Waals surface area contributed by atoms with Crippen molar-refractivity contribution in [1.29, 1.82) is 0 Å². The van der Waals surface area contributed by atoms with Crippen molar-refractivity contribution in [2.75, 3.05) is 13.1 Å². The first kappa shape index (κ1) is 15.7. The topological polar surface area (TPSA) is 33.5 Å². The Kier molecular flexibility index (Phi) is 5.03. The molecule has 0 aromatic heterocycles. The molecule has 0 radical (unpaired) electrons. The summed E-state index contributed by atoms with van der Waals surface area (Å²) in [7, 11) is 0. The van der Waals surface area contributed by atoms with Crippen molar-refractivity contribution in [2.45, 2.75) is 25.4 Å². The van der Waals surface area contributed by atoms with Gasteiger partial charge in [-0.2, -0.15) is 0 Å². The zero-order valence-corrected chi connectivity index (χ0v) is 13.1. The number of rotatable bonds is 4. The largest absolute Gasteiger partial charge is 0.349 e. The number of quaternary nitrogens is 1. The molecule has 1 amide bonds. The molecule has 0 bridgehead atoms. The van der Waals surface area contributed by atoms with Crippen molar-refractivity contribution in [1.82, 2.24) is 5.32 Å². The maximum Gasteiger partial charge on any atom is 0.254 e. The molecule has 1 saturated heterocycles. The van der Waals surface area contributed by atoms with Crippen LogP contribution in [0.3, 0.4) is 0 Å². The average molecular weight is 313 g/mol. The molecule has 1 heterocycles. The summed E-state index contributed by atoms with van der Waals surface area (Å²) < 4.78 is 13.6. The van der Waals surface area contributed by atoms with Gasteiger partial charge in [0.1, 0.15) is 12.4 Å². The van der Waals surface area contributed by atoms with Gasteiger partial charge in [0.25, 0.3) is 5.91 Å². The van der Waals surface area contributed by atoms with Gasteiger partial charge in [0.15, 0.2) is 0 Å². The van der Waals surface area contributed by atoms with E-state index in [1.165, 1.54) is 22.6 Å². The summed E-state index contributed by atoms with van der Waals surface area (Å²) in [5.41, 5.74) is 1.47. The second-order valence-electron chi connectivity index (χ2n) is 6.14. The van der Waals surface area contributed by atoms with Crippen LogP contribution in [0.5, 0.6) is 0 Å². The van der Waals surface area contributed by atoms with Crippen LogP contribution in [-0.4, -0.2) is 25.0 Å². The van der Waals surface area contributed by atoms with Crippen molar-refractivity contribution >= 4 is 5.91 Å². The van der Waals surface area contributed by atoms with E-state index in [9.17, 15) is 9.18 Å². The molecule has 1 aliphatic heterocycles. The van der Waals surface area contributed by atoms with Crippen molar-refractivity contribution in [3.8, 4) is 0 Å². The fraction of sp³-hybridized carbons (Fsp3) is 0.316. The first-order valence-corrected chi connectivity index (χ1v) is 8.15. The maximum atomic E-state index is 13.6. The second kappa shape index (κ2) is 7.38. The van der Waals surface area contributed by atoms with Crippen LogP contribution in [0, 0.1) is 5.82 Å². The summed E-state index contributed by atoms with van der Waals surface area (Å²) >= 11 is 0. The molecule has 120 valence electrons. The SMILES string of the molecule is O=C(NC1CC[NH+](Cc2ccccc2)CC1)c1ccccc1F. The van der Waals surface area contributed by atoms with Gasteiger partial charge >= 0.3 is 0 Å². The fourth-order valence-electron chi connectivity index (χ4n) is 3.14. The molecule has 4 heteroatoms. The van der Waals surface area contributed by atoms with Crippen LogP contribution in [0.25, 0.3) is 0 Å². The van der Waals surface area contributed by atoms with E-state index in [1.54, 1.807) is 12.1 Å². The smallest absolute Gasteiger partial charge is 0.254 e. The normalized spacial score (nSPS) is 20.9. The van der Waals surface area contributed by atoms with Gasteiger partial charge in [0.2, 0.25) is 0 Å². The van der Waals surface area contributed by atoms with Crippen LogP contribution >= 0.6 is 0 Å². The third-order valence-electron chi connectivity index (χ3n) is 4.44. The predicted molar refractivity (Wildman–Crippen MR) is 87.7 cm³/mol. The van der Waals surface area contributed by atoms with Gasteiger partial charge in [0, 0.05) is 24.4 Å². The van der Waals surface area contributed by atoms with Gasteiger partial charge in [-0.05, 0) is 12.1 Å². The average Bonchev–Trinajstić information content (AvgIpc) is 2.58. The van der Waals surface area contributed by atoms with E-state index in [2.05, 4.69) is 29.6 Å². The van der Waals surface area contributed by atoms with Crippen LogP contribution in [0.15, 0.2) is 54.6 Å². The highest BCUT2D eigenvalue weighted by Gasteiger charge is 2.24. The molecule has 3 nitrogen and oxygen atoms in total. The van der Waals surface area contributed by atoms with E-state index in [-0.39, 0.29) is 17.5 Å². The molecule has 1 fully saturated rings. The fourth-order valence-corrected chi connectivity index (χ4v) is 3.14. The van der Waals surface area contributed by atoms with Gasteiger partial charge in [-0.1, -0.05) is 42.5 Å². The number of nitrogens with one attached hydrogen (secondary N) is 2. The summed E-state index contributed by atoms with van der Waals surface area (Å²) in [6.07, 6.45) is 1.87. The van der Waals surface area contributed by atoms with Crippen molar-refractivity contribution in [2.24, 2.45) is 0 Å². The van der Waals surface area contributed by atoms with Gasteiger partial charge in [0.05, 0.1) is 18.7 Å². The Morgan fingerprint density at radius 2 is 1.70 bits per heavy atom. The van der Waals surface area contributed by atoms with Crippen LogP contribution in [-0.2, 0) is 6.54 Å². The molecule has 0 aliphatic carbocycles. The molecular formula is C19H22FN2O+. The Morgan fingerprint density at radius 1 is 1.04 bits per heavy atom. The molecule has 1 aliphatic rings. The minimum Gasteiger partial charge on any atom is -0.349 e. The maximum absolute atomic E-state index is 13.6. The first-order valence-electron chi connectivity index (χ1n) is 8.15. The number of piperidine rings is 1. The first-order chi connectivity index (χ1) is 11.2. The molecule has 0 atom stereocenters. The molecule has 2 N–H and O–H groups in total. The van der Waals surface area contributed by atoms with Gasteiger partial charge in [-0.3, -0.25) is 4.79 Å². The zero-order valence-electron chi connectivity index (χ0n) is 13.1. The molecule has 0 spiro atoms. The Morgan fingerprint density at radius 3 is 2.39 bits per heavy atom. The number of carbonyl (C=O) groups is 1. The van der Waals surface area contributed by atoms with E-state index in [0.29, 0.717) is 0 Å². The lowest BCUT2D eigenvalue weighted by atomic mass is 10.0. The van der Waals surface area contributed by atoms with Crippen LogP contribution in [0.1, 0.15) is 28.8 Å². The predicted octanol–water partition coefficient (Wildman–Crippen LogP) is 1.80. The Labute approximate surface area is 136 Å². The van der Waals surface area contributed by atoms with Gasteiger partial charge in [-0.15, -0.1) is 0 Å². The van der Waals surface area contributed by atoms with Gasteiger partial charge < -0.3 is 10.2 Å². The molecule has 2 aromatic carbocycles. The van der Waals surface area contributed by atoms with Crippen LogP contribution < -0.4 is 10.2 Å². The lowest BCUT2D eigenvalue weighted by Crippen LogP contribution is -3.12. The summed E-state index contributed by atoms with van der Waals surface area (Å²) in [6, 6.07) is 16.7. The van der Waals surface area contributed by atoms with E-state index in [1.807, 2.05) is 6.07 Å². The Hall–Kier alpha value is -2.20. The highest BCUT2D eigenvalue weighted by Crippen LogP contribution is 2.08. The molecule has 0 unspecified atom stereocenters. The highest BCUT2D eigenvalue weighted by molar-refractivity contribution is 5.94. The van der Waals surface area contributed by atoms with Crippen LogP contribution in [0.4, 0.5) is 4.39 Å². The number of carbonyl (C=O) groups excluding carboxylic acids is 1. The van der Waals surface area contributed by atoms with Crippen LogP contribution in [0.2, 0.25) is 0 Å². The van der Waals surface area contributed by atoms with Crippen molar-refractivity contribution in [3.63, 3.8) is 0 Å². The number of benzene rings is 2. The quantitative estimate of drug-likeness (QED) is 0.887. The number of halogens is 1. The zero-order chi connectivity index (χ0) is 16.1. The summed E-state index contributed by atoms with van der Waals surface area (Å²) in [4.78, 5) is 13.7. The second-order valence-corrected chi connectivity index (χ2v) is 6.14. The highest BCUT2D eigenvalue weighted by atomic mass is 19.1. The molecule has 23 heavy (non-hydrogen) atoms. The van der Waals surface area contributed by atoms with E-state index < -0.39 is 5.82 Å². The summed E-state index contributed by atoms with van der Waals surface area (Å²) in [5.74, 6) is -0.767. The minimum atomic E-state index is -0.461. The van der Waals surface area contributed by atoms with E-state index in [0.717, 1.165) is 32.5 Å². The summed E-state index contributed by atoms with van der Waals surface area (Å²) in [6.45, 7) is 3.07.